The maximum absolute atomic E-state index is 5.92. The number of aryl methyl sites for hydroxylation is 1. The lowest BCUT2D eigenvalue weighted by Crippen LogP contribution is -2.38. The highest BCUT2D eigenvalue weighted by molar-refractivity contribution is 6.30. The first-order valence-electron chi connectivity index (χ1n) is 7.61. The van der Waals surface area contributed by atoms with Gasteiger partial charge < -0.3 is 14.7 Å². The summed E-state index contributed by atoms with van der Waals surface area (Å²) in [6, 6.07) is 7.83. The summed E-state index contributed by atoms with van der Waals surface area (Å²) < 4.78 is 5.10. The molecule has 0 aliphatic heterocycles. The molecule has 2 aromatic rings. The Kier molecular flexibility index (Phi) is 6.40. The average molecular weight is 336 g/mol. The van der Waals surface area contributed by atoms with Crippen molar-refractivity contribution >= 4 is 17.6 Å². The van der Waals surface area contributed by atoms with Crippen molar-refractivity contribution in [2.75, 3.05) is 20.1 Å². The smallest absolute Gasteiger partial charge is 0.228 e. The van der Waals surface area contributed by atoms with Gasteiger partial charge in [0, 0.05) is 31.6 Å². The predicted molar refractivity (Wildman–Crippen MR) is 91.6 cm³/mol. The minimum atomic E-state index is 0.592. The first kappa shape index (κ1) is 17.3. The number of rotatable bonds is 6. The number of aliphatic imine (C=N–C) groups is 1. The fraction of sp³-hybridized carbons (Fsp3) is 0.438. The SMILES string of the molecule is CCNC(=NCCc1nc(C)no1)N(C)Cc1ccc(Cl)cc1. The van der Waals surface area contributed by atoms with E-state index in [0.29, 0.717) is 24.7 Å². The lowest BCUT2D eigenvalue weighted by Gasteiger charge is -2.22. The highest BCUT2D eigenvalue weighted by Gasteiger charge is 2.07. The number of hydrogen-bond acceptors (Lipinski definition) is 4. The normalized spacial score (nSPS) is 11.6. The second kappa shape index (κ2) is 8.53. The molecule has 0 unspecified atom stereocenters. The topological polar surface area (TPSA) is 66.5 Å². The number of halogens is 1. The van der Waals surface area contributed by atoms with Crippen LogP contribution in [0.4, 0.5) is 0 Å². The zero-order chi connectivity index (χ0) is 16.7. The Morgan fingerprint density at radius 1 is 1.35 bits per heavy atom. The summed E-state index contributed by atoms with van der Waals surface area (Å²) in [5, 5.41) is 7.81. The third kappa shape index (κ3) is 5.56. The predicted octanol–water partition coefficient (Wildman–Crippen LogP) is 2.67. The van der Waals surface area contributed by atoms with Crippen LogP contribution in [-0.2, 0) is 13.0 Å². The van der Waals surface area contributed by atoms with E-state index in [1.54, 1.807) is 6.92 Å². The van der Waals surface area contributed by atoms with Crippen LogP contribution in [0.5, 0.6) is 0 Å². The second-order valence-electron chi connectivity index (χ2n) is 5.20. The molecule has 1 N–H and O–H groups in total. The van der Waals surface area contributed by atoms with E-state index >= 15 is 0 Å². The number of nitrogens with one attached hydrogen (secondary N) is 1. The van der Waals surface area contributed by atoms with Gasteiger partial charge in [-0.05, 0) is 31.5 Å². The Labute approximate surface area is 141 Å². The van der Waals surface area contributed by atoms with Crippen LogP contribution in [0, 0.1) is 6.92 Å². The fourth-order valence-electron chi connectivity index (χ4n) is 2.11. The molecule has 0 fully saturated rings. The van der Waals surface area contributed by atoms with Crippen LogP contribution in [0.25, 0.3) is 0 Å². The summed E-state index contributed by atoms with van der Waals surface area (Å²) in [5.41, 5.74) is 1.18. The molecule has 0 aliphatic carbocycles. The number of nitrogens with zero attached hydrogens (tertiary/aromatic N) is 4. The monoisotopic (exact) mass is 335 g/mol. The van der Waals surface area contributed by atoms with Crippen LogP contribution in [-0.4, -0.2) is 41.1 Å². The van der Waals surface area contributed by atoms with E-state index in [-0.39, 0.29) is 0 Å². The van der Waals surface area contributed by atoms with Gasteiger partial charge in [-0.3, -0.25) is 4.99 Å². The van der Waals surface area contributed by atoms with Crippen molar-refractivity contribution in [1.29, 1.82) is 0 Å². The molecule has 0 saturated heterocycles. The van der Waals surface area contributed by atoms with Crippen molar-refractivity contribution in [2.24, 2.45) is 4.99 Å². The summed E-state index contributed by atoms with van der Waals surface area (Å²) in [5.74, 6) is 2.11. The molecule has 23 heavy (non-hydrogen) atoms. The van der Waals surface area contributed by atoms with Crippen LogP contribution >= 0.6 is 11.6 Å². The minimum absolute atomic E-state index is 0.592. The highest BCUT2D eigenvalue weighted by Crippen LogP contribution is 2.11. The van der Waals surface area contributed by atoms with Gasteiger partial charge >= 0.3 is 0 Å². The molecule has 0 radical (unpaired) electrons. The Morgan fingerprint density at radius 2 is 2.09 bits per heavy atom. The second-order valence-corrected chi connectivity index (χ2v) is 5.64. The molecule has 1 aromatic carbocycles. The molecule has 0 spiro atoms. The summed E-state index contributed by atoms with van der Waals surface area (Å²) in [6.07, 6.45) is 0.629. The minimum Gasteiger partial charge on any atom is -0.357 e. The third-order valence-electron chi connectivity index (χ3n) is 3.19. The number of benzene rings is 1. The number of guanidine groups is 1. The Balaban J connectivity index is 1.95. The zero-order valence-corrected chi connectivity index (χ0v) is 14.5. The molecular weight excluding hydrogens is 314 g/mol. The molecule has 7 heteroatoms. The summed E-state index contributed by atoms with van der Waals surface area (Å²) in [4.78, 5) is 10.9. The van der Waals surface area contributed by atoms with Crippen molar-refractivity contribution in [3.8, 4) is 0 Å². The van der Waals surface area contributed by atoms with Gasteiger partial charge in [0.1, 0.15) is 0 Å². The molecule has 0 aliphatic rings. The van der Waals surface area contributed by atoms with Crippen LogP contribution in [0.2, 0.25) is 5.02 Å². The van der Waals surface area contributed by atoms with E-state index in [2.05, 4.69) is 25.3 Å². The lowest BCUT2D eigenvalue weighted by atomic mass is 10.2. The summed E-state index contributed by atoms with van der Waals surface area (Å²) in [7, 11) is 2.01. The van der Waals surface area contributed by atoms with Gasteiger partial charge in [-0.15, -0.1) is 0 Å². The summed E-state index contributed by atoms with van der Waals surface area (Å²) in [6.45, 7) is 6.01. The first-order valence-corrected chi connectivity index (χ1v) is 7.99. The number of hydrogen-bond donors (Lipinski definition) is 1. The Morgan fingerprint density at radius 3 is 2.70 bits per heavy atom. The molecule has 124 valence electrons. The maximum atomic E-state index is 5.92. The van der Waals surface area contributed by atoms with Crippen molar-refractivity contribution in [1.82, 2.24) is 20.4 Å². The van der Waals surface area contributed by atoms with Gasteiger partial charge in [-0.25, -0.2) is 0 Å². The van der Waals surface area contributed by atoms with E-state index in [4.69, 9.17) is 16.1 Å². The first-order chi connectivity index (χ1) is 11.1. The molecule has 1 aromatic heterocycles. The van der Waals surface area contributed by atoms with Gasteiger partial charge in [0.2, 0.25) is 5.89 Å². The lowest BCUT2D eigenvalue weighted by molar-refractivity contribution is 0.375. The Bertz CT molecular complexity index is 638. The molecule has 1 heterocycles. The van der Waals surface area contributed by atoms with E-state index < -0.39 is 0 Å². The van der Waals surface area contributed by atoms with E-state index in [1.165, 1.54) is 5.56 Å². The van der Waals surface area contributed by atoms with Crippen molar-refractivity contribution in [3.63, 3.8) is 0 Å². The molecule has 0 amide bonds. The van der Waals surface area contributed by atoms with Crippen LogP contribution in [0.1, 0.15) is 24.2 Å². The van der Waals surface area contributed by atoms with E-state index in [9.17, 15) is 0 Å². The quantitative estimate of drug-likeness (QED) is 0.649. The van der Waals surface area contributed by atoms with E-state index in [1.807, 2.05) is 38.2 Å². The van der Waals surface area contributed by atoms with Crippen LogP contribution < -0.4 is 5.32 Å². The van der Waals surface area contributed by atoms with Crippen molar-refractivity contribution in [2.45, 2.75) is 26.8 Å². The largest absolute Gasteiger partial charge is 0.357 e. The molecule has 0 bridgehead atoms. The van der Waals surface area contributed by atoms with Gasteiger partial charge in [0.25, 0.3) is 0 Å². The Hall–Kier alpha value is -2.08. The number of aromatic nitrogens is 2. The molecule has 0 atom stereocenters. The van der Waals surface area contributed by atoms with Crippen molar-refractivity contribution < 1.29 is 4.52 Å². The van der Waals surface area contributed by atoms with Gasteiger partial charge in [0.15, 0.2) is 11.8 Å². The fourth-order valence-corrected chi connectivity index (χ4v) is 2.23. The van der Waals surface area contributed by atoms with Crippen LogP contribution in [0.15, 0.2) is 33.8 Å². The third-order valence-corrected chi connectivity index (χ3v) is 3.44. The molecular formula is C16H22ClN5O. The molecule has 2 rings (SSSR count). The zero-order valence-electron chi connectivity index (χ0n) is 13.7. The maximum Gasteiger partial charge on any atom is 0.228 e. The average Bonchev–Trinajstić information content (AvgIpc) is 2.94. The molecule has 6 nitrogen and oxygen atoms in total. The molecule has 0 saturated carbocycles. The van der Waals surface area contributed by atoms with Crippen molar-refractivity contribution in [3.05, 3.63) is 46.6 Å². The summed E-state index contributed by atoms with van der Waals surface area (Å²) >= 11 is 5.92. The van der Waals surface area contributed by atoms with Crippen LogP contribution in [0.3, 0.4) is 0 Å². The standard InChI is InChI=1S/C16H22ClN5O/c1-4-18-16(19-10-9-15-20-12(2)21-23-15)22(3)11-13-5-7-14(17)8-6-13/h5-8H,4,9-11H2,1-3H3,(H,18,19). The van der Waals surface area contributed by atoms with E-state index in [0.717, 1.165) is 24.1 Å². The highest BCUT2D eigenvalue weighted by atomic mass is 35.5. The van der Waals surface area contributed by atoms with Gasteiger partial charge in [0.05, 0.1) is 6.54 Å². The van der Waals surface area contributed by atoms with Gasteiger partial charge in [-0.1, -0.05) is 28.9 Å². The van der Waals surface area contributed by atoms with Gasteiger partial charge in [-0.2, -0.15) is 4.98 Å².